The van der Waals surface area contributed by atoms with Crippen molar-refractivity contribution < 1.29 is 4.74 Å². The Hall–Kier alpha value is -1.26. The zero-order valence-corrected chi connectivity index (χ0v) is 8.89. The Bertz CT molecular complexity index is 457. The van der Waals surface area contributed by atoms with Crippen molar-refractivity contribution >= 4 is 26.2 Å². The predicted molar refractivity (Wildman–Crippen MR) is 57.5 cm³/mol. The average molecular weight is 223 g/mol. The molecule has 15 heavy (non-hydrogen) atoms. The van der Waals surface area contributed by atoms with Gasteiger partial charge in [-0.3, -0.25) is 0 Å². The second-order valence-corrected chi connectivity index (χ2v) is 3.16. The van der Waals surface area contributed by atoms with Crippen molar-refractivity contribution in [3.63, 3.8) is 0 Å². The predicted octanol–water partition coefficient (Wildman–Crippen LogP) is 0.793. The summed E-state index contributed by atoms with van der Waals surface area (Å²) in [5.74, 6) is 0.397. The summed E-state index contributed by atoms with van der Waals surface area (Å²) in [4.78, 5) is 12.1. The molecule has 0 unspecified atom stereocenters. The van der Waals surface area contributed by atoms with Gasteiger partial charge in [0.05, 0.1) is 19.3 Å². The van der Waals surface area contributed by atoms with Crippen LogP contribution in [0.1, 0.15) is 0 Å². The second kappa shape index (κ2) is 4.51. The van der Waals surface area contributed by atoms with Crippen molar-refractivity contribution in [2.75, 3.05) is 18.7 Å². The lowest BCUT2D eigenvalue weighted by Crippen LogP contribution is -2.05. The number of rotatable bonds is 4. The van der Waals surface area contributed by atoms with E-state index in [1.807, 2.05) is 4.57 Å². The topological polar surface area (TPSA) is 78.9 Å². The summed E-state index contributed by atoms with van der Waals surface area (Å²) in [6.07, 6.45) is 3.51. The fraction of sp³-hybridized carbons (Fsp3) is 0.375. The van der Waals surface area contributed by atoms with Crippen LogP contribution in [0.2, 0.25) is 0 Å². The first kappa shape index (κ1) is 10.3. The molecule has 0 aromatic carbocycles. The monoisotopic (exact) mass is 223 g/mol. The third kappa shape index (κ3) is 2.06. The summed E-state index contributed by atoms with van der Waals surface area (Å²) in [5.41, 5.74) is 7.01. The molecular formula is C8H10N5OP. The van der Waals surface area contributed by atoms with Gasteiger partial charge >= 0.3 is 0 Å². The van der Waals surface area contributed by atoms with Crippen molar-refractivity contribution in [2.24, 2.45) is 0 Å². The molecule has 0 amide bonds. The summed E-state index contributed by atoms with van der Waals surface area (Å²) >= 11 is 0. The molecule has 2 heterocycles. The highest BCUT2D eigenvalue weighted by Crippen LogP contribution is 2.13. The highest BCUT2D eigenvalue weighted by atomic mass is 31.0. The standard InChI is InChI=1S/C8H10N5OP/c9-7-6-8(11-3-10-7)13(4-12-6)1-2-14-5-15/h3-4H,1-2,5H2,(H2,9,10,11). The molecule has 6 nitrogen and oxygen atoms in total. The van der Waals surface area contributed by atoms with Crippen molar-refractivity contribution in [1.82, 2.24) is 19.5 Å². The Balaban J connectivity index is 2.25. The molecule has 2 rings (SSSR count). The molecular weight excluding hydrogens is 213 g/mol. The van der Waals surface area contributed by atoms with Crippen molar-refractivity contribution in [3.05, 3.63) is 12.7 Å². The van der Waals surface area contributed by atoms with Gasteiger partial charge in [-0.25, -0.2) is 15.0 Å². The molecule has 7 heteroatoms. The van der Waals surface area contributed by atoms with Crippen molar-refractivity contribution in [1.29, 1.82) is 0 Å². The Labute approximate surface area is 89.1 Å². The van der Waals surface area contributed by atoms with Gasteiger partial charge in [0.2, 0.25) is 0 Å². The minimum absolute atomic E-state index is 0.397. The van der Waals surface area contributed by atoms with E-state index >= 15 is 0 Å². The molecule has 0 aliphatic rings. The van der Waals surface area contributed by atoms with Crippen molar-refractivity contribution in [3.8, 4) is 0 Å². The summed E-state index contributed by atoms with van der Waals surface area (Å²) in [6, 6.07) is 0. The minimum Gasteiger partial charge on any atom is -0.382 e. The van der Waals surface area contributed by atoms with Crippen LogP contribution in [0, 0.1) is 0 Å². The molecule has 0 saturated heterocycles. The number of ether oxygens (including phenoxy) is 1. The molecule has 0 atom stereocenters. The van der Waals surface area contributed by atoms with Crippen molar-refractivity contribution in [2.45, 2.75) is 6.54 Å². The molecule has 78 valence electrons. The number of hydrogen-bond donors (Lipinski definition) is 1. The number of nitrogens with two attached hydrogens (primary N) is 1. The Morgan fingerprint density at radius 2 is 2.27 bits per heavy atom. The van der Waals surface area contributed by atoms with E-state index in [0.29, 0.717) is 30.8 Å². The number of anilines is 1. The van der Waals surface area contributed by atoms with Gasteiger partial charge in [0.1, 0.15) is 11.8 Å². The molecule has 2 N–H and O–H groups in total. The fourth-order valence-electron chi connectivity index (χ4n) is 1.29. The van der Waals surface area contributed by atoms with Gasteiger partial charge in [-0.1, -0.05) is 0 Å². The zero-order chi connectivity index (χ0) is 10.7. The number of nitrogen functional groups attached to an aromatic ring is 1. The van der Waals surface area contributed by atoms with Gasteiger partial charge in [0, 0.05) is 6.54 Å². The molecule has 2 aromatic rings. The Morgan fingerprint density at radius 3 is 3.07 bits per heavy atom. The van der Waals surface area contributed by atoms with Gasteiger partial charge in [-0.05, 0) is 9.24 Å². The van der Waals surface area contributed by atoms with Crippen LogP contribution in [-0.4, -0.2) is 32.5 Å². The largest absolute Gasteiger partial charge is 0.382 e. The van der Waals surface area contributed by atoms with E-state index < -0.39 is 0 Å². The van der Waals surface area contributed by atoms with Crippen LogP contribution in [0.4, 0.5) is 5.82 Å². The lowest BCUT2D eigenvalue weighted by atomic mass is 10.5. The molecule has 0 spiro atoms. The van der Waals surface area contributed by atoms with Gasteiger partial charge in [0.25, 0.3) is 0 Å². The minimum atomic E-state index is 0.397. The molecule has 0 aliphatic carbocycles. The maximum Gasteiger partial charge on any atom is 0.165 e. The molecule has 0 fully saturated rings. The molecule has 0 saturated carbocycles. The van der Waals surface area contributed by atoms with Crippen LogP contribution < -0.4 is 5.73 Å². The summed E-state index contributed by atoms with van der Waals surface area (Å²) in [6.45, 7) is 1.24. The van der Waals surface area contributed by atoms with Gasteiger partial charge in [-0.2, -0.15) is 0 Å². The quantitative estimate of drug-likeness (QED) is 0.612. The van der Waals surface area contributed by atoms with E-state index in [9.17, 15) is 0 Å². The number of imidazole rings is 1. The number of hydrogen-bond acceptors (Lipinski definition) is 5. The summed E-state index contributed by atoms with van der Waals surface area (Å²) < 4.78 is 7.00. The highest BCUT2D eigenvalue weighted by Gasteiger charge is 2.06. The third-order valence-electron chi connectivity index (χ3n) is 2.00. The summed E-state index contributed by atoms with van der Waals surface area (Å²) in [7, 11) is 3.95. The lowest BCUT2D eigenvalue weighted by molar-refractivity contribution is 0.173. The first-order valence-electron chi connectivity index (χ1n) is 4.43. The SMILES string of the molecule is Nc1ncnc2c1ncn2CCOC[P]. The molecule has 0 aliphatic heterocycles. The van der Waals surface area contributed by atoms with E-state index in [1.165, 1.54) is 6.33 Å². The molecule has 2 aromatic heterocycles. The first-order chi connectivity index (χ1) is 7.33. The fourth-order valence-corrected chi connectivity index (χ4v) is 1.42. The van der Waals surface area contributed by atoms with E-state index in [0.717, 1.165) is 5.65 Å². The zero-order valence-electron chi connectivity index (χ0n) is 8.00. The van der Waals surface area contributed by atoms with E-state index in [2.05, 4.69) is 24.2 Å². The number of fused-ring (bicyclic) bond motifs is 1. The molecule has 0 bridgehead atoms. The van der Waals surface area contributed by atoms with Gasteiger partial charge in [-0.15, -0.1) is 0 Å². The van der Waals surface area contributed by atoms with E-state index in [4.69, 9.17) is 10.5 Å². The normalized spacial score (nSPS) is 11.0. The van der Waals surface area contributed by atoms with Crippen LogP contribution >= 0.6 is 9.24 Å². The number of aromatic nitrogens is 4. The first-order valence-corrected chi connectivity index (χ1v) is 5.06. The smallest absolute Gasteiger partial charge is 0.165 e. The van der Waals surface area contributed by atoms with Gasteiger partial charge < -0.3 is 15.0 Å². The van der Waals surface area contributed by atoms with E-state index in [-0.39, 0.29) is 0 Å². The highest BCUT2D eigenvalue weighted by molar-refractivity contribution is 7.16. The van der Waals surface area contributed by atoms with Crippen LogP contribution in [0.15, 0.2) is 12.7 Å². The van der Waals surface area contributed by atoms with Gasteiger partial charge in [0.15, 0.2) is 11.5 Å². The summed E-state index contributed by atoms with van der Waals surface area (Å²) in [5, 5.41) is 0. The Kier molecular flexibility index (Phi) is 3.08. The molecule has 2 radical (unpaired) electrons. The third-order valence-corrected chi connectivity index (χ3v) is 2.18. The van der Waals surface area contributed by atoms with Crippen LogP contribution in [-0.2, 0) is 11.3 Å². The lowest BCUT2D eigenvalue weighted by Gasteiger charge is -2.02. The Morgan fingerprint density at radius 1 is 1.40 bits per heavy atom. The maximum atomic E-state index is 5.65. The van der Waals surface area contributed by atoms with Crippen LogP contribution in [0.5, 0.6) is 0 Å². The van der Waals surface area contributed by atoms with Crippen LogP contribution in [0.25, 0.3) is 11.2 Å². The van der Waals surface area contributed by atoms with E-state index in [1.54, 1.807) is 6.33 Å². The van der Waals surface area contributed by atoms with Crippen LogP contribution in [0.3, 0.4) is 0 Å². The number of nitrogens with zero attached hydrogens (tertiary/aromatic N) is 4. The maximum absolute atomic E-state index is 5.65. The second-order valence-electron chi connectivity index (χ2n) is 2.91. The average Bonchev–Trinajstić information content (AvgIpc) is 2.64.